The van der Waals surface area contributed by atoms with Crippen LogP contribution in [0.1, 0.15) is 16.1 Å². The Hall–Kier alpha value is -3.97. The van der Waals surface area contributed by atoms with E-state index in [0.717, 1.165) is 16.6 Å². The summed E-state index contributed by atoms with van der Waals surface area (Å²) in [6.07, 6.45) is 0. The number of rotatable bonds is 6. The number of benzene rings is 3. The Labute approximate surface area is 203 Å². The first kappa shape index (κ1) is 22.8. The van der Waals surface area contributed by atoms with Crippen LogP contribution < -0.4 is 5.32 Å². The molecule has 0 saturated carbocycles. The first-order chi connectivity index (χ1) is 17.1. The highest BCUT2D eigenvalue weighted by Gasteiger charge is 2.26. The third-order valence-corrected chi connectivity index (χ3v) is 6.40. The molecule has 1 aliphatic rings. The van der Waals surface area contributed by atoms with E-state index in [4.69, 9.17) is 0 Å². The van der Waals surface area contributed by atoms with Gasteiger partial charge in [-0.25, -0.2) is 4.39 Å². The van der Waals surface area contributed by atoms with Gasteiger partial charge < -0.3 is 14.8 Å². The second-order valence-electron chi connectivity index (χ2n) is 8.75. The number of hydrogen-bond donors (Lipinski definition) is 1. The minimum atomic E-state index is -0.286. The van der Waals surface area contributed by atoms with Crippen molar-refractivity contribution in [2.24, 2.45) is 0 Å². The summed E-state index contributed by atoms with van der Waals surface area (Å²) in [5, 5.41) is 3.85. The van der Waals surface area contributed by atoms with Crippen LogP contribution in [0.3, 0.4) is 0 Å². The van der Waals surface area contributed by atoms with E-state index in [1.807, 2.05) is 70.1 Å². The van der Waals surface area contributed by atoms with Crippen molar-refractivity contribution in [2.45, 2.75) is 6.54 Å². The molecule has 6 nitrogen and oxygen atoms in total. The Morgan fingerprint density at radius 2 is 1.51 bits per heavy atom. The normalized spacial score (nSPS) is 14.3. The number of carbonyl (C=O) groups is 2. The van der Waals surface area contributed by atoms with Gasteiger partial charge in [-0.15, -0.1) is 0 Å². The molecule has 2 heterocycles. The number of nitrogens with zero attached hydrogens (tertiary/aromatic N) is 3. The van der Waals surface area contributed by atoms with Gasteiger partial charge >= 0.3 is 0 Å². The monoisotopic (exact) mass is 470 g/mol. The number of halogens is 1. The van der Waals surface area contributed by atoms with Crippen molar-refractivity contribution in [1.82, 2.24) is 14.4 Å². The maximum absolute atomic E-state index is 14.4. The molecular formula is C28H27FN4O2. The molecule has 0 radical (unpaired) electrons. The zero-order chi connectivity index (χ0) is 24.2. The number of aromatic nitrogens is 1. The molecule has 7 heteroatoms. The van der Waals surface area contributed by atoms with Gasteiger partial charge in [0, 0.05) is 48.3 Å². The van der Waals surface area contributed by atoms with Crippen LogP contribution in [0.15, 0.2) is 84.9 Å². The predicted octanol–water partition coefficient (Wildman–Crippen LogP) is 4.23. The number of para-hydroxylation sites is 2. The maximum atomic E-state index is 14.4. The number of carbonyl (C=O) groups excluding carboxylic acids is 2. The number of hydrogen-bond acceptors (Lipinski definition) is 3. The second-order valence-corrected chi connectivity index (χ2v) is 8.75. The summed E-state index contributed by atoms with van der Waals surface area (Å²) in [5.74, 6) is -0.432. The van der Waals surface area contributed by atoms with E-state index in [1.54, 1.807) is 18.2 Å². The van der Waals surface area contributed by atoms with Gasteiger partial charge in [0.2, 0.25) is 5.91 Å². The molecule has 1 aliphatic heterocycles. The lowest BCUT2D eigenvalue weighted by atomic mass is 10.2. The highest BCUT2D eigenvalue weighted by molar-refractivity contribution is 5.99. The van der Waals surface area contributed by atoms with Crippen LogP contribution in [0, 0.1) is 5.82 Å². The van der Waals surface area contributed by atoms with Crippen molar-refractivity contribution in [3.05, 3.63) is 102 Å². The lowest BCUT2D eigenvalue weighted by molar-refractivity contribution is -0.117. The van der Waals surface area contributed by atoms with Gasteiger partial charge in [0.15, 0.2) is 0 Å². The number of anilines is 1. The molecule has 0 atom stereocenters. The van der Waals surface area contributed by atoms with Crippen LogP contribution in [-0.4, -0.2) is 58.9 Å². The van der Waals surface area contributed by atoms with Crippen LogP contribution in [0.25, 0.3) is 10.9 Å². The summed E-state index contributed by atoms with van der Waals surface area (Å²) in [7, 11) is 0. The number of amides is 2. The lowest BCUT2D eigenvalue weighted by Gasteiger charge is -2.34. The molecule has 3 aromatic carbocycles. The zero-order valence-electron chi connectivity index (χ0n) is 19.4. The van der Waals surface area contributed by atoms with E-state index >= 15 is 0 Å². The van der Waals surface area contributed by atoms with Crippen molar-refractivity contribution < 1.29 is 14.0 Å². The minimum absolute atomic E-state index is 0.0685. The van der Waals surface area contributed by atoms with E-state index in [-0.39, 0.29) is 30.7 Å². The highest BCUT2D eigenvalue weighted by atomic mass is 19.1. The molecule has 0 spiro atoms. The van der Waals surface area contributed by atoms with Crippen LogP contribution in [-0.2, 0) is 11.3 Å². The molecular weight excluding hydrogens is 443 g/mol. The van der Waals surface area contributed by atoms with E-state index in [9.17, 15) is 14.0 Å². The second kappa shape index (κ2) is 10.1. The molecule has 1 saturated heterocycles. The number of piperazine rings is 1. The topological polar surface area (TPSA) is 57.6 Å². The van der Waals surface area contributed by atoms with Gasteiger partial charge in [-0.05, 0) is 30.3 Å². The summed E-state index contributed by atoms with van der Waals surface area (Å²) in [4.78, 5) is 29.8. The molecule has 0 aliphatic carbocycles. The standard InChI is InChI=1S/C28H27FN4O2/c29-24-12-6-4-9-22(24)19-33-25-13-7-5-8-21(25)18-26(33)28(35)32-16-14-31(15-17-32)20-27(34)30-23-10-2-1-3-11-23/h1-13,18H,14-17,19-20H2,(H,30,34). The maximum Gasteiger partial charge on any atom is 0.270 e. The van der Waals surface area contributed by atoms with Crippen LogP contribution in [0.4, 0.5) is 10.1 Å². The van der Waals surface area contributed by atoms with Crippen molar-refractivity contribution in [3.63, 3.8) is 0 Å². The summed E-state index contributed by atoms with van der Waals surface area (Å²) in [5.41, 5.74) is 2.76. The zero-order valence-corrected chi connectivity index (χ0v) is 19.4. The Bertz CT molecular complexity index is 1340. The quantitative estimate of drug-likeness (QED) is 0.459. The molecule has 2 amide bonds. The third-order valence-electron chi connectivity index (χ3n) is 6.40. The molecule has 1 fully saturated rings. The fraction of sp³-hybridized carbons (Fsp3) is 0.214. The minimum Gasteiger partial charge on any atom is -0.335 e. The molecule has 0 unspecified atom stereocenters. The Morgan fingerprint density at radius 1 is 0.829 bits per heavy atom. The highest BCUT2D eigenvalue weighted by Crippen LogP contribution is 2.24. The molecule has 1 N–H and O–H groups in total. The van der Waals surface area contributed by atoms with E-state index < -0.39 is 0 Å². The fourth-order valence-electron chi connectivity index (χ4n) is 4.55. The van der Waals surface area contributed by atoms with Crippen LogP contribution in [0.5, 0.6) is 0 Å². The van der Waals surface area contributed by atoms with Gasteiger partial charge in [0.05, 0.1) is 13.1 Å². The van der Waals surface area contributed by atoms with E-state index in [0.29, 0.717) is 37.4 Å². The Morgan fingerprint density at radius 3 is 2.29 bits per heavy atom. The molecule has 35 heavy (non-hydrogen) atoms. The van der Waals surface area contributed by atoms with Gasteiger partial charge in [0.1, 0.15) is 11.5 Å². The average molecular weight is 471 g/mol. The third kappa shape index (κ3) is 5.10. The number of fused-ring (bicyclic) bond motifs is 1. The predicted molar refractivity (Wildman–Crippen MR) is 135 cm³/mol. The van der Waals surface area contributed by atoms with Gasteiger partial charge in [-0.3, -0.25) is 14.5 Å². The fourth-order valence-corrected chi connectivity index (χ4v) is 4.55. The summed E-state index contributed by atoms with van der Waals surface area (Å²) < 4.78 is 16.3. The van der Waals surface area contributed by atoms with Gasteiger partial charge in [-0.1, -0.05) is 54.6 Å². The smallest absolute Gasteiger partial charge is 0.270 e. The SMILES string of the molecule is O=C(CN1CCN(C(=O)c2cc3ccccc3n2Cc2ccccc2F)CC1)Nc1ccccc1. The first-order valence-corrected chi connectivity index (χ1v) is 11.8. The van der Waals surface area contributed by atoms with E-state index in [1.165, 1.54) is 6.07 Å². The summed E-state index contributed by atoms with van der Waals surface area (Å²) in [6.45, 7) is 2.84. The first-order valence-electron chi connectivity index (χ1n) is 11.8. The lowest BCUT2D eigenvalue weighted by Crippen LogP contribution is -2.50. The molecule has 0 bridgehead atoms. The van der Waals surface area contributed by atoms with Crippen LogP contribution in [0.2, 0.25) is 0 Å². The van der Waals surface area contributed by atoms with Crippen molar-refractivity contribution >= 4 is 28.4 Å². The Balaban J connectivity index is 1.28. The summed E-state index contributed by atoms with van der Waals surface area (Å²) >= 11 is 0. The van der Waals surface area contributed by atoms with Gasteiger partial charge in [0.25, 0.3) is 5.91 Å². The van der Waals surface area contributed by atoms with Gasteiger partial charge in [-0.2, -0.15) is 0 Å². The molecule has 1 aromatic heterocycles. The summed E-state index contributed by atoms with van der Waals surface area (Å²) in [6, 6.07) is 25.7. The molecule has 4 aromatic rings. The van der Waals surface area contributed by atoms with E-state index in [2.05, 4.69) is 10.2 Å². The largest absolute Gasteiger partial charge is 0.335 e. The van der Waals surface area contributed by atoms with Crippen molar-refractivity contribution in [3.8, 4) is 0 Å². The molecule has 178 valence electrons. The average Bonchev–Trinajstić information content (AvgIpc) is 3.24. The molecule has 5 rings (SSSR count). The van der Waals surface area contributed by atoms with Crippen molar-refractivity contribution in [1.29, 1.82) is 0 Å². The van der Waals surface area contributed by atoms with Crippen molar-refractivity contribution in [2.75, 3.05) is 38.0 Å². The number of nitrogens with one attached hydrogen (secondary N) is 1. The Kier molecular flexibility index (Phi) is 6.59. The van der Waals surface area contributed by atoms with Crippen LogP contribution >= 0.6 is 0 Å².